The zero-order valence-corrected chi connectivity index (χ0v) is 12.5. The molecule has 102 valence electrons. The fraction of sp³-hybridized carbons (Fsp3) is 1.00. The van der Waals surface area contributed by atoms with Gasteiger partial charge in [0.05, 0.1) is 11.5 Å². The van der Waals surface area contributed by atoms with Crippen molar-refractivity contribution in [1.29, 1.82) is 0 Å². The van der Waals surface area contributed by atoms with E-state index in [0.29, 0.717) is 17.4 Å². The van der Waals surface area contributed by atoms with E-state index in [4.69, 9.17) is 0 Å². The molecule has 2 rings (SSSR count). The molecule has 2 saturated heterocycles. The Bertz CT molecular complexity index is 325. The van der Waals surface area contributed by atoms with Crippen molar-refractivity contribution in [3.8, 4) is 0 Å². The van der Waals surface area contributed by atoms with Gasteiger partial charge in [-0.25, -0.2) is 8.42 Å². The van der Waals surface area contributed by atoms with E-state index in [9.17, 15) is 12.6 Å². The van der Waals surface area contributed by atoms with E-state index >= 15 is 0 Å². The molecule has 0 saturated carbocycles. The molecule has 0 N–H and O–H groups in total. The van der Waals surface area contributed by atoms with Crippen molar-refractivity contribution in [2.75, 3.05) is 23.0 Å². The van der Waals surface area contributed by atoms with E-state index in [-0.39, 0.29) is 0 Å². The van der Waals surface area contributed by atoms with Crippen molar-refractivity contribution in [3.05, 3.63) is 0 Å². The second-order valence-corrected chi connectivity index (χ2v) is 9.36. The maximum atomic E-state index is 10.8. The van der Waals surface area contributed by atoms with Gasteiger partial charge in [0.2, 0.25) is 0 Å². The van der Waals surface area contributed by atoms with E-state index in [0.717, 1.165) is 30.3 Å². The predicted octanol–water partition coefficient (Wildman–Crippen LogP) is 2.00. The van der Waals surface area contributed by atoms with Crippen molar-refractivity contribution in [1.82, 2.24) is 0 Å². The third-order valence-corrected chi connectivity index (χ3v) is 6.62. The largest absolute Gasteiger partial charge is 0.260 e. The summed E-state index contributed by atoms with van der Waals surface area (Å²) in [5.74, 6) is 4.16. The molecule has 0 bridgehead atoms. The van der Waals surface area contributed by atoms with E-state index in [1.807, 2.05) is 0 Å². The lowest BCUT2D eigenvalue weighted by Crippen LogP contribution is -2.21. The molecule has 0 unspecified atom stereocenters. The summed E-state index contributed by atoms with van der Waals surface area (Å²) >= 11 is 0. The summed E-state index contributed by atoms with van der Waals surface area (Å²) in [6.07, 6.45) is 4.07. The molecule has 0 aliphatic carbocycles. The second-order valence-electron chi connectivity index (χ2n) is 5.36. The van der Waals surface area contributed by atoms with E-state index in [2.05, 4.69) is 13.8 Å². The first-order valence-corrected chi connectivity index (χ1v) is 9.75. The van der Waals surface area contributed by atoms with Gasteiger partial charge in [-0.1, -0.05) is 13.8 Å². The van der Waals surface area contributed by atoms with Crippen LogP contribution in [0.5, 0.6) is 0 Å². The Morgan fingerprint density at radius 3 is 1.65 bits per heavy atom. The molecule has 17 heavy (non-hydrogen) atoms. The van der Waals surface area contributed by atoms with Crippen LogP contribution in [0.15, 0.2) is 0 Å². The van der Waals surface area contributed by atoms with Crippen molar-refractivity contribution in [2.45, 2.75) is 39.5 Å². The summed E-state index contributed by atoms with van der Waals surface area (Å²) in [5.41, 5.74) is 0. The standard InChI is InChI=1S/C6H12O2S.C6H12OS/c1-6-2-4-9(7,8)5-3-6;1-6-2-4-8(7)5-3-6/h6H,2-5H2,1H3;6H,2-5H2,1H3. The number of rotatable bonds is 0. The van der Waals surface area contributed by atoms with E-state index in [1.54, 1.807) is 0 Å². The first-order chi connectivity index (χ1) is 7.89. The van der Waals surface area contributed by atoms with Gasteiger partial charge >= 0.3 is 0 Å². The molecule has 2 aliphatic heterocycles. The third kappa shape index (κ3) is 6.55. The lowest BCUT2D eigenvalue weighted by Gasteiger charge is -2.16. The monoisotopic (exact) mass is 280 g/mol. The van der Waals surface area contributed by atoms with Crippen molar-refractivity contribution >= 4 is 20.6 Å². The molecular formula is C12H24O3S2. The van der Waals surface area contributed by atoms with E-state index in [1.165, 1.54) is 12.8 Å². The summed E-state index contributed by atoms with van der Waals surface area (Å²) in [5, 5.41) is 0. The highest BCUT2D eigenvalue weighted by molar-refractivity contribution is 7.91. The van der Waals surface area contributed by atoms with Gasteiger partial charge in [0, 0.05) is 22.3 Å². The van der Waals surface area contributed by atoms with Crippen LogP contribution >= 0.6 is 0 Å². The highest BCUT2D eigenvalue weighted by Crippen LogP contribution is 2.17. The van der Waals surface area contributed by atoms with Gasteiger partial charge in [0.15, 0.2) is 0 Å². The molecule has 2 heterocycles. The maximum Gasteiger partial charge on any atom is 0.150 e. The molecule has 0 radical (unpaired) electrons. The van der Waals surface area contributed by atoms with Crippen molar-refractivity contribution < 1.29 is 12.6 Å². The number of hydrogen-bond donors (Lipinski definition) is 0. The van der Waals surface area contributed by atoms with Crippen LogP contribution in [0.4, 0.5) is 0 Å². The average Bonchev–Trinajstić information content (AvgIpc) is 2.28. The summed E-state index contributed by atoms with van der Waals surface area (Å²) in [6, 6.07) is 0. The topological polar surface area (TPSA) is 51.2 Å². The molecular weight excluding hydrogens is 256 g/mol. The molecule has 2 aliphatic rings. The molecule has 0 amide bonds. The van der Waals surface area contributed by atoms with Crippen molar-refractivity contribution in [3.63, 3.8) is 0 Å². The molecule has 5 heteroatoms. The predicted molar refractivity (Wildman–Crippen MR) is 73.3 cm³/mol. The van der Waals surface area contributed by atoms with Crippen LogP contribution in [0.3, 0.4) is 0 Å². The highest BCUT2D eigenvalue weighted by atomic mass is 32.2. The molecule has 0 atom stereocenters. The number of hydrogen-bond acceptors (Lipinski definition) is 3. The Hall–Kier alpha value is 0.1000. The molecule has 0 spiro atoms. The van der Waals surface area contributed by atoms with Crippen LogP contribution in [0, 0.1) is 11.8 Å². The third-order valence-electron chi connectivity index (χ3n) is 3.52. The van der Waals surface area contributed by atoms with Gasteiger partial charge in [-0.2, -0.15) is 0 Å². The molecule has 0 aromatic heterocycles. The van der Waals surface area contributed by atoms with E-state index < -0.39 is 20.6 Å². The zero-order valence-electron chi connectivity index (χ0n) is 10.9. The Morgan fingerprint density at radius 2 is 1.29 bits per heavy atom. The SMILES string of the molecule is CC1CCS(=O)(=O)CC1.CC1CCS(=O)CC1. The normalized spacial score (nSPS) is 33.5. The molecule has 3 nitrogen and oxygen atoms in total. The summed E-state index contributed by atoms with van der Waals surface area (Å²) in [4.78, 5) is 0. The average molecular weight is 280 g/mol. The second kappa shape index (κ2) is 6.88. The van der Waals surface area contributed by atoms with Gasteiger partial charge in [-0.05, 0) is 37.5 Å². The van der Waals surface area contributed by atoms with Gasteiger partial charge in [-0.3, -0.25) is 4.21 Å². The number of sulfone groups is 1. The fourth-order valence-electron chi connectivity index (χ4n) is 1.92. The molecule has 2 fully saturated rings. The smallest absolute Gasteiger partial charge is 0.150 e. The van der Waals surface area contributed by atoms with Crippen LogP contribution in [-0.2, 0) is 20.6 Å². The lowest BCUT2D eigenvalue weighted by atomic mass is 10.1. The van der Waals surface area contributed by atoms with Crippen LogP contribution in [0.2, 0.25) is 0 Å². The Labute approximate surface area is 108 Å². The first kappa shape index (κ1) is 15.2. The van der Waals surface area contributed by atoms with Crippen LogP contribution in [0.25, 0.3) is 0 Å². The van der Waals surface area contributed by atoms with Crippen LogP contribution in [0.1, 0.15) is 39.5 Å². The maximum absolute atomic E-state index is 10.8. The summed E-state index contributed by atoms with van der Waals surface area (Å²) < 4.78 is 32.3. The lowest BCUT2D eigenvalue weighted by molar-refractivity contribution is 0.500. The summed E-state index contributed by atoms with van der Waals surface area (Å²) in [7, 11) is -3.08. The van der Waals surface area contributed by atoms with Crippen LogP contribution < -0.4 is 0 Å². The molecule has 0 aromatic rings. The summed E-state index contributed by atoms with van der Waals surface area (Å²) in [6.45, 7) is 4.34. The highest BCUT2D eigenvalue weighted by Gasteiger charge is 2.19. The van der Waals surface area contributed by atoms with Gasteiger partial charge in [0.1, 0.15) is 9.84 Å². The van der Waals surface area contributed by atoms with Gasteiger partial charge in [0.25, 0.3) is 0 Å². The van der Waals surface area contributed by atoms with Crippen LogP contribution in [-0.4, -0.2) is 35.6 Å². The Kier molecular flexibility index (Phi) is 6.13. The fourth-order valence-corrected chi connectivity index (χ4v) is 5.18. The van der Waals surface area contributed by atoms with Gasteiger partial charge < -0.3 is 0 Å². The minimum Gasteiger partial charge on any atom is -0.260 e. The molecule has 0 aromatic carbocycles. The first-order valence-electron chi connectivity index (χ1n) is 6.44. The minimum atomic E-state index is -2.62. The minimum absolute atomic E-state index is 0.411. The van der Waals surface area contributed by atoms with Gasteiger partial charge in [-0.15, -0.1) is 0 Å². The van der Waals surface area contributed by atoms with Crippen molar-refractivity contribution in [2.24, 2.45) is 11.8 Å². The zero-order chi connectivity index (χ0) is 12.9. The Morgan fingerprint density at radius 1 is 0.882 bits per heavy atom. The Balaban J connectivity index is 0.000000171. The quantitative estimate of drug-likeness (QED) is 0.682.